The molecule has 0 radical (unpaired) electrons. The van der Waals surface area contributed by atoms with Gasteiger partial charge in [-0.05, 0) is 19.8 Å². The molecule has 3 rings (SSSR count). The van der Waals surface area contributed by atoms with Gasteiger partial charge in [0.15, 0.2) is 5.13 Å². The number of allylic oxidation sites excluding steroid dienone is 2. The minimum Gasteiger partial charge on any atom is -0.550 e. The van der Waals surface area contributed by atoms with Gasteiger partial charge in [-0.15, -0.1) is 11.3 Å². The standard InChI is InChI=1S/C18H18N2O3S/c1-11-15(12-7-3-2-4-8-12)19-18(24-11)20-16(21)13-9-5-6-10-14(13)17(22)23/h2-8,13-14H,9-10H2,1H3,(H,22,23)(H,19,20,21)/p-1/t13-,14+/m0/s1. The lowest BCUT2D eigenvalue weighted by atomic mass is 9.82. The lowest BCUT2D eigenvalue weighted by Gasteiger charge is -2.27. The summed E-state index contributed by atoms with van der Waals surface area (Å²) < 4.78 is 0. The van der Waals surface area contributed by atoms with Gasteiger partial charge in [-0.2, -0.15) is 0 Å². The fourth-order valence-electron chi connectivity index (χ4n) is 2.88. The Balaban J connectivity index is 1.78. The fraction of sp³-hybridized carbons (Fsp3) is 0.278. The summed E-state index contributed by atoms with van der Waals surface area (Å²) in [5.41, 5.74) is 1.82. The van der Waals surface area contributed by atoms with Crippen LogP contribution in [0.5, 0.6) is 0 Å². The average molecular weight is 341 g/mol. The Labute approximate surface area is 144 Å². The Morgan fingerprint density at radius 3 is 2.50 bits per heavy atom. The molecule has 1 heterocycles. The molecule has 0 aliphatic heterocycles. The number of anilines is 1. The first-order valence-electron chi connectivity index (χ1n) is 7.76. The Bertz CT molecular complexity index is 783. The molecule has 1 aromatic heterocycles. The van der Waals surface area contributed by atoms with Gasteiger partial charge in [-0.25, -0.2) is 4.98 Å². The molecule has 5 nitrogen and oxygen atoms in total. The molecule has 2 aromatic rings. The molecule has 0 bridgehead atoms. The number of carbonyl (C=O) groups excluding carboxylic acids is 2. The van der Waals surface area contributed by atoms with E-state index in [0.717, 1.165) is 16.1 Å². The van der Waals surface area contributed by atoms with Crippen LogP contribution in [0, 0.1) is 18.8 Å². The average Bonchev–Trinajstić information content (AvgIpc) is 2.96. The van der Waals surface area contributed by atoms with Crippen molar-refractivity contribution < 1.29 is 14.7 Å². The van der Waals surface area contributed by atoms with Gasteiger partial charge in [0, 0.05) is 22.3 Å². The molecule has 0 unspecified atom stereocenters. The second-order valence-corrected chi connectivity index (χ2v) is 6.96. The molecule has 0 saturated carbocycles. The summed E-state index contributed by atoms with van der Waals surface area (Å²) in [5.74, 6) is -2.91. The third kappa shape index (κ3) is 3.38. The number of hydrogen-bond donors (Lipinski definition) is 1. The first-order valence-corrected chi connectivity index (χ1v) is 8.57. The largest absolute Gasteiger partial charge is 0.550 e. The van der Waals surface area contributed by atoms with Gasteiger partial charge in [0.2, 0.25) is 5.91 Å². The second-order valence-electron chi connectivity index (χ2n) is 5.75. The van der Waals surface area contributed by atoms with E-state index in [1.807, 2.05) is 43.3 Å². The van der Waals surface area contributed by atoms with Crippen molar-refractivity contribution in [2.75, 3.05) is 5.32 Å². The molecular weight excluding hydrogens is 324 g/mol. The Hall–Kier alpha value is -2.47. The maximum atomic E-state index is 12.5. The molecule has 1 aliphatic rings. The summed E-state index contributed by atoms with van der Waals surface area (Å²) in [6.07, 6.45) is 4.35. The van der Waals surface area contributed by atoms with E-state index in [1.165, 1.54) is 11.3 Å². The van der Waals surface area contributed by atoms with Crippen LogP contribution < -0.4 is 10.4 Å². The Kier molecular flexibility index (Phi) is 4.76. The minimum absolute atomic E-state index is 0.318. The number of aromatic nitrogens is 1. The summed E-state index contributed by atoms with van der Waals surface area (Å²) in [5, 5.41) is 14.5. The predicted octanol–water partition coefficient (Wildman–Crippen LogP) is 2.39. The molecule has 0 spiro atoms. The van der Waals surface area contributed by atoms with Crippen LogP contribution >= 0.6 is 11.3 Å². The normalized spacial score (nSPS) is 19.9. The molecule has 1 amide bonds. The summed E-state index contributed by atoms with van der Waals surface area (Å²) in [7, 11) is 0. The van der Waals surface area contributed by atoms with Crippen LogP contribution in [0.15, 0.2) is 42.5 Å². The van der Waals surface area contributed by atoms with Gasteiger partial charge in [0.1, 0.15) is 0 Å². The van der Waals surface area contributed by atoms with Crippen molar-refractivity contribution in [3.8, 4) is 11.3 Å². The molecule has 6 heteroatoms. The number of carboxylic acid groups (broad SMARTS) is 1. The van der Waals surface area contributed by atoms with E-state index in [2.05, 4.69) is 10.3 Å². The molecule has 124 valence electrons. The highest BCUT2D eigenvalue weighted by molar-refractivity contribution is 7.16. The van der Waals surface area contributed by atoms with Crippen LogP contribution in [0.3, 0.4) is 0 Å². The maximum absolute atomic E-state index is 12.5. The lowest BCUT2D eigenvalue weighted by molar-refractivity contribution is -0.313. The number of amides is 1. The molecule has 2 atom stereocenters. The van der Waals surface area contributed by atoms with Crippen molar-refractivity contribution in [3.05, 3.63) is 47.4 Å². The van der Waals surface area contributed by atoms with E-state index in [1.54, 1.807) is 6.08 Å². The van der Waals surface area contributed by atoms with Crippen LogP contribution in [-0.2, 0) is 9.59 Å². The molecule has 1 N–H and O–H groups in total. The van der Waals surface area contributed by atoms with Crippen molar-refractivity contribution in [1.29, 1.82) is 0 Å². The number of hydrogen-bond acceptors (Lipinski definition) is 5. The number of carboxylic acids is 1. The third-order valence-corrected chi connectivity index (χ3v) is 5.03. The van der Waals surface area contributed by atoms with Crippen molar-refractivity contribution in [2.24, 2.45) is 11.8 Å². The summed E-state index contributed by atoms with van der Waals surface area (Å²) >= 11 is 1.39. The maximum Gasteiger partial charge on any atom is 0.230 e. The number of nitrogens with zero attached hydrogens (tertiary/aromatic N) is 1. The summed E-state index contributed by atoms with van der Waals surface area (Å²) in [6.45, 7) is 1.95. The number of benzene rings is 1. The molecular formula is C18H17N2O3S-. The quantitative estimate of drug-likeness (QED) is 0.866. The number of thiazole rings is 1. The van der Waals surface area contributed by atoms with Crippen LogP contribution in [0.1, 0.15) is 17.7 Å². The smallest absolute Gasteiger partial charge is 0.230 e. The minimum atomic E-state index is -1.18. The van der Waals surface area contributed by atoms with E-state index in [4.69, 9.17) is 0 Å². The highest BCUT2D eigenvalue weighted by atomic mass is 32.1. The Morgan fingerprint density at radius 2 is 1.83 bits per heavy atom. The molecule has 24 heavy (non-hydrogen) atoms. The van der Waals surface area contributed by atoms with Gasteiger partial charge in [-0.1, -0.05) is 42.5 Å². The van der Waals surface area contributed by atoms with Crippen molar-refractivity contribution in [3.63, 3.8) is 0 Å². The van der Waals surface area contributed by atoms with E-state index in [-0.39, 0.29) is 5.91 Å². The lowest BCUT2D eigenvalue weighted by Crippen LogP contribution is -2.41. The van der Waals surface area contributed by atoms with Crippen LogP contribution in [0.4, 0.5) is 5.13 Å². The first kappa shape index (κ1) is 16.4. The highest BCUT2D eigenvalue weighted by Crippen LogP contribution is 2.32. The van der Waals surface area contributed by atoms with Crippen LogP contribution in [-0.4, -0.2) is 16.9 Å². The number of nitrogens with one attached hydrogen (secondary N) is 1. The number of aliphatic carboxylic acids is 1. The van der Waals surface area contributed by atoms with Gasteiger partial charge in [0.25, 0.3) is 0 Å². The third-order valence-electron chi connectivity index (χ3n) is 4.15. The van der Waals surface area contributed by atoms with Crippen molar-refractivity contribution in [1.82, 2.24) is 4.98 Å². The topological polar surface area (TPSA) is 82.1 Å². The SMILES string of the molecule is Cc1sc(NC(=O)[C@H]2CC=CC[C@H]2C(=O)[O-])nc1-c1ccccc1. The van der Waals surface area contributed by atoms with Crippen LogP contribution in [0.25, 0.3) is 11.3 Å². The van der Waals surface area contributed by atoms with E-state index in [0.29, 0.717) is 18.0 Å². The zero-order valence-electron chi connectivity index (χ0n) is 13.2. The zero-order valence-corrected chi connectivity index (χ0v) is 14.0. The van der Waals surface area contributed by atoms with E-state index in [9.17, 15) is 14.7 Å². The fourth-order valence-corrected chi connectivity index (χ4v) is 3.72. The molecule has 1 aliphatic carbocycles. The number of carbonyl (C=O) groups is 2. The Morgan fingerprint density at radius 1 is 1.17 bits per heavy atom. The van der Waals surface area contributed by atoms with Crippen molar-refractivity contribution in [2.45, 2.75) is 19.8 Å². The van der Waals surface area contributed by atoms with Gasteiger partial charge in [0.05, 0.1) is 11.6 Å². The van der Waals surface area contributed by atoms with Gasteiger partial charge >= 0.3 is 0 Å². The monoisotopic (exact) mass is 341 g/mol. The number of rotatable bonds is 4. The second kappa shape index (κ2) is 6.97. The van der Waals surface area contributed by atoms with E-state index < -0.39 is 17.8 Å². The molecule has 0 saturated heterocycles. The van der Waals surface area contributed by atoms with Crippen molar-refractivity contribution >= 4 is 28.3 Å². The molecule has 0 fully saturated rings. The summed E-state index contributed by atoms with van der Waals surface area (Å²) in [6, 6.07) is 9.73. The highest BCUT2D eigenvalue weighted by Gasteiger charge is 2.30. The van der Waals surface area contributed by atoms with Gasteiger partial charge in [-0.3, -0.25) is 4.79 Å². The van der Waals surface area contributed by atoms with Crippen LogP contribution in [0.2, 0.25) is 0 Å². The zero-order chi connectivity index (χ0) is 17.1. The molecule has 1 aromatic carbocycles. The predicted molar refractivity (Wildman–Crippen MR) is 91.3 cm³/mol. The summed E-state index contributed by atoms with van der Waals surface area (Å²) in [4.78, 5) is 29.2. The first-order chi connectivity index (χ1) is 11.6. The van der Waals surface area contributed by atoms with E-state index >= 15 is 0 Å². The number of aryl methyl sites for hydroxylation is 1. The van der Waals surface area contributed by atoms with Gasteiger partial charge < -0.3 is 15.2 Å².